The number of carbonyl (C=O) groups is 3. The molecule has 6 atom stereocenters. The maximum atomic E-state index is 14.2. The van der Waals surface area contributed by atoms with E-state index in [9.17, 15) is 19.6 Å². The van der Waals surface area contributed by atoms with Gasteiger partial charge < -0.3 is 4.79 Å². The van der Waals surface area contributed by atoms with Crippen molar-refractivity contribution in [1.82, 2.24) is 0 Å². The zero-order valence-electron chi connectivity index (χ0n) is 21.7. The smallest absolute Gasteiger partial charge is 0.159 e. The van der Waals surface area contributed by atoms with Crippen LogP contribution in [-0.2, 0) is 14.4 Å². The van der Waals surface area contributed by atoms with E-state index in [0.29, 0.717) is 12.8 Å². The van der Waals surface area contributed by atoms with Gasteiger partial charge >= 0.3 is 0 Å². The fraction of sp³-hybridized carbons (Fsp3) is 0.600. The summed E-state index contributed by atoms with van der Waals surface area (Å²) in [6, 6.07) is 13.0. The Hall–Kier alpha value is -2.32. The van der Waals surface area contributed by atoms with Crippen LogP contribution in [0.25, 0.3) is 0 Å². The standard InChI is InChI=1S/C30H37NO3Si/c1-28(2)24-15-23(33)27-21-12-11-19(17-31)29(21,3)14-13-22(27)30(24,18-32)25(34)16-26(28)35(4,5)20-9-7-6-8-10-20/h6-10,18-19,22,24,26H,11-16H2,1-5H3/t19-,22+,24-,26+,29-,30-/m1/s1. The van der Waals surface area contributed by atoms with E-state index >= 15 is 0 Å². The number of fused-ring (bicyclic) bond motifs is 4. The molecule has 0 saturated heterocycles. The average Bonchev–Trinajstić information content (AvgIpc) is 3.18. The number of hydrogen-bond acceptors (Lipinski definition) is 4. The van der Waals surface area contributed by atoms with Gasteiger partial charge in [-0.2, -0.15) is 5.26 Å². The molecule has 184 valence electrons. The number of nitrogens with zero attached hydrogens (tertiary/aromatic N) is 1. The molecule has 5 heteroatoms. The van der Waals surface area contributed by atoms with E-state index in [4.69, 9.17) is 0 Å². The van der Waals surface area contributed by atoms with Crippen LogP contribution in [-0.4, -0.2) is 25.9 Å². The van der Waals surface area contributed by atoms with Crippen molar-refractivity contribution in [2.45, 2.75) is 77.9 Å². The quantitative estimate of drug-likeness (QED) is 0.325. The topological polar surface area (TPSA) is 75.0 Å². The van der Waals surface area contributed by atoms with Gasteiger partial charge in [-0.1, -0.05) is 75.0 Å². The van der Waals surface area contributed by atoms with Crippen molar-refractivity contribution in [3.05, 3.63) is 41.5 Å². The van der Waals surface area contributed by atoms with Crippen molar-refractivity contribution < 1.29 is 14.4 Å². The van der Waals surface area contributed by atoms with E-state index in [-0.39, 0.29) is 52.1 Å². The fourth-order valence-corrected chi connectivity index (χ4v) is 13.3. The molecule has 0 N–H and O–H groups in total. The molecule has 35 heavy (non-hydrogen) atoms. The molecule has 0 aliphatic heterocycles. The van der Waals surface area contributed by atoms with Gasteiger partial charge in [-0.05, 0) is 48.1 Å². The maximum Gasteiger partial charge on any atom is 0.159 e. The van der Waals surface area contributed by atoms with Gasteiger partial charge in [0.2, 0.25) is 0 Å². The minimum atomic E-state index is -2.09. The lowest BCUT2D eigenvalue weighted by atomic mass is 9.43. The van der Waals surface area contributed by atoms with Crippen LogP contribution in [0.3, 0.4) is 0 Å². The summed E-state index contributed by atoms with van der Waals surface area (Å²) in [5, 5.41) is 11.1. The molecule has 5 rings (SSSR count). The summed E-state index contributed by atoms with van der Waals surface area (Å²) in [5.74, 6) is -0.538. The highest BCUT2D eigenvalue weighted by Crippen LogP contribution is 2.68. The number of carbonyl (C=O) groups excluding carboxylic acids is 3. The summed E-state index contributed by atoms with van der Waals surface area (Å²) < 4.78 is 0. The van der Waals surface area contributed by atoms with E-state index in [0.717, 1.165) is 36.7 Å². The number of ketones is 2. The number of nitriles is 1. The molecular weight excluding hydrogens is 450 g/mol. The summed E-state index contributed by atoms with van der Waals surface area (Å²) in [7, 11) is -2.09. The van der Waals surface area contributed by atoms with Crippen molar-refractivity contribution in [1.29, 1.82) is 5.26 Å². The highest BCUT2D eigenvalue weighted by atomic mass is 28.3. The molecule has 1 aromatic carbocycles. The lowest BCUT2D eigenvalue weighted by molar-refractivity contribution is -0.158. The normalized spacial score (nSPS) is 38.3. The molecule has 0 heterocycles. The Balaban J connectivity index is 1.63. The first-order valence-electron chi connectivity index (χ1n) is 13.2. The Morgan fingerprint density at radius 3 is 2.37 bits per heavy atom. The summed E-state index contributed by atoms with van der Waals surface area (Å²) in [4.78, 5) is 41.2. The van der Waals surface area contributed by atoms with Gasteiger partial charge in [0.25, 0.3) is 0 Å². The number of Topliss-reactive ketones (excluding diaryl/α,β-unsaturated/α-hetero) is 2. The van der Waals surface area contributed by atoms with Crippen LogP contribution in [0, 0.1) is 45.3 Å². The molecule has 0 bridgehead atoms. The first-order valence-corrected chi connectivity index (χ1v) is 16.3. The second-order valence-electron chi connectivity index (χ2n) is 12.9. The maximum absolute atomic E-state index is 14.2. The molecule has 0 unspecified atom stereocenters. The van der Waals surface area contributed by atoms with E-state index in [1.807, 2.05) is 6.07 Å². The largest absolute Gasteiger partial charge is 0.302 e. The summed E-state index contributed by atoms with van der Waals surface area (Å²) in [5.41, 5.74) is 0.235. The van der Waals surface area contributed by atoms with Gasteiger partial charge in [0.1, 0.15) is 12.1 Å². The molecule has 4 aliphatic carbocycles. The third-order valence-electron chi connectivity index (χ3n) is 11.0. The molecule has 0 aromatic heterocycles. The van der Waals surface area contributed by atoms with Crippen molar-refractivity contribution >= 4 is 31.1 Å². The van der Waals surface area contributed by atoms with Crippen LogP contribution in [0.2, 0.25) is 18.6 Å². The van der Waals surface area contributed by atoms with E-state index in [1.54, 1.807) is 0 Å². The second kappa shape index (κ2) is 7.84. The van der Waals surface area contributed by atoms with Gasteiger partial charge in [-0.15, -0.1) is 0 Å². The minimum absolute atomic E-state index is 0.0485. The van der Waals surface area contributed by atoms with Crippen LogP contribution in [0.5, 0.6) is 0 Å². The van der Waals surface area contributed by atoms with Crippen molar-refractivity contribution in [3.63, 3.8) is 0 Å². The SMILES string of the molecule is CC1(C)[C@H]2CC(=O)C3=C4CC[C@H](C#N)[C@@]4(C)CC[C@@H]3[C@@]2(C=O)C(=O)C[C@@H]1[Si](C)(C)c1ccccc1. The third-order valence-corrected chi connectivity index (χ3v) is 15.5. The lowest BCUT2D eigenvalue weighted by Gasteiger charge is -2.61. The number of hydrogen-bond donors (Lipinski definition) is 0. The molecule has 0 radical (unpaired) electrons. The molecular formula is C30H37NO3Si. The lowest BCUT2D eigenvalue weighted by Crippen LogP contribution is -2.65. The van der Waals surface area contributed by atoms with Gasteiger partial charge in [-0.3, -0.25) is 9.59 Å². The molecule has 0 spiro atoms. The Bertz CT molecular complexity index is 1180. The van der Waals surface area contributed by atoms with Crippen molar-refractivity contribution in [2.24, 2.45) is 34.0 Å². The Morgan fingerprint density at radius 2 is 1.74 bits per heavy atom. The zero-order valence-corrected chi connectivity index (χ0v) is 22.7. The zero-order chi connectivity index (χ0) is 25.4. The summed E-state index contributed by atoms with van der Waals surface area (Å²) in [6.45, 7) is 11.2. The number of rotatable bonds is 3. The highest BCUT2D eigenvalue weighted by molar-refractivity contribution is 6.91. The molecule has 1 aromatic rings. The fourth-order valence-electron chi connectivity index (χ4n) is 9.04. The molecule has 3 saturated carbocycles. The average molecular weight is 488 g/mol. The van der Waals surface area contributed by atoms with E-state index < -0.39 is 13.5 Å². The molecule has 4 aliphatic rings. The van der Waals surface area contributed by atoms with Crippen LogP contribution >= 0.6 is 0 Å². The Morgan fingerprint density at radius 1 is 1.06 bits per heavy atom. The van der Waals surface area contributed by atoms with Gasteiger partial charge in [0, 0.05) is 24.2 Å². The van der Waals surface area contributed by atoms with E-state index in [2.05, 4.69) is 64.2 Å². The third kappa shape index (κ3) is 3.05. The van der Waals surface area contributed by atoms with Gasteiger partial charge in [0.15, 0.2) is 5.78 Å². The number of aldehydes is 1. The van der Waals surface area contributed by atoms with Crippen molar-refractivity contribution in [2.75, 3.05) is 0 Å². The predicted molar refractivity (Wildman–Crippen MR) is 139 cm³/mol. The number of benzene rings is 1. The van der Waals surface area contributed by atoms with Gasteiger partial charge in [-0.25, -0.2) is 0 Å². The number of allylic oxidation sites excluding steroid dienone is 2. The summed E-state index contributed by atoms with van der Waals surface area (Å²) >= 11 is 0. The monoisotopic (exact) mass is 487 g/mol. The van der Waals surface area contributed by atoms with Crippen LogP contribution < -0.4 is 5.19 Å². The molecule has 4 nitrogen and oxygen atoms in total. The van der Waals surface area contributed by atoms with E-state index in [1.165, 1.54) is 5.19 Å². The molecule has 3 fully saturated rings. The van der Waals surface area contributed by atoms with Crippen molar-refractivity contribution in [3.8, 4) is 6.07 Å². The summed E-state index contributed by atoms with van der Waals surface area (Å²) in [6.07, 6.45) is 4.53. The first-order chi connectivity index (χ1) is 16.5. The minimum Gasteiger partial charge on any atom is -0.302 e. The molecule has 0 amide bonds. The Kier molecular flexibility index (Phi) is 5.46. The second-order valence-corrected chi connectivity index (χ2v) is 17.7. The predicted octanol–water partition coefficient (Wildman–Crippen LogP) is 5.39. The van der Waals surface area contributed by atoms with Gasteiger partial charge in [0.05, 0.1) is 25.5 Å². The first kappa shape index (κ1) is 24.4. The highest BCUT2D eigenvalue weighted by Gasteiger charge is 2.68. The Labute approximate surface area is 210 Å². The van der Waals surface area contributed by atoms with Crippen LogP contribution in [0.4, 0.5) is 0 Å². The van der Waals surface area contributed by atoms with Crippen LogP contribution in [0.1, 0.15) is 59.3 Å². The van der Waals surface area contributed by atoms with Crippen LogP contribution in [0.15, 0.2) is 41.5 Å².